The van der Waals surface area contributed by atoms with E-state index in [0.29, 0.717) is 37.1 Å². The summed E-state index contributed by atoms with van der Waals surface area (Å²) in [6.07, 6.45) is 0.411. The van der Waals surface area contributed by atoms with Gasteiger partial charge in [-0.25, -0.2) is 9.18 Å². The maximum Gasteiger partial charge on any atom is 0.408 e. The number of hydrogen-bond acceptors (Lipinski definition) is 3. The topological polar surface area (TPSA) is 78.9 Å². The van der Waals surface area contributed by atoms with Gasteiger partial charge in [0.15, 0.2) is 0 Å². The molecule has 2 saturated heterocycles. The highest BCUT2D eigenvalue weighted by Crippen LogP contribution is 2.58. The predicted octanol–water partition coefficient (Wildman–Crippen LogP) is 4.68. The Hall–Kier alpha value is -3.09. The number of benzene rings is 2. The normalized spacial score (nSPS) is 25.2. The first kappa shape index (κ1) is 22.1. The third-order valence-corrected chi connectivity index (χ3v) is 7.07. The molecule has 0 aliphatic carbocycles. The van der Waals surface area contributed by atoms with E-state index in [9.17, 15) is 19.1 Å². The van der Waals surface area contributed by atoms with Crippen LogP contribution in [-0.4, -0.2) is 34.1 Å². The lowest BCUT2D eigenvalue weighted by atomic mass is 9.67. The van der Waals surface area contributed by atoms with Gasteiger partial charge in [-0.05, 0) is 48.4 Å². The third-order valence-electron chi connectivity index (χ3n) is 7.07. The van der Waals surface area contributed by atoms with Crippen molar-refractivity contribution in [3.63, 3.8) is 0 Å². The number of carbonyl (C=O) groups is 2. The van der Waals surface area contributed by atoms with Crippen LogP contribution in [0.4, 0.5) is 9.18 Å². The van der Waals surface area contributed by atoms with Crippen molar-refractivity contribution < 1.29 is 23.8 Å². The molecule has 0 radical (unpaired) electrons. The standard InChI is InChI=1S/C25H29FN2O4/c1-23(2,3)25(13-12-24(28(25)22(30)31)14-15-27-21(24)29)18-8-10-19(11-9-18)32-16-17-6-4-5-7-20(17)26/h4-11H,12-16H2,1-3H3,(H,27,29)(H,30,31)/t24-,25+/m0/s1. The zero-order valence-electron chi connectivity index (χ0n) is 18.7. The second kappa shape index (κ2) is 7.80. The van der Waals surface area contributed by atoms with Crippen molar-refractivity contribution in [2.45, 2.75) is 57.7 Å². The summed E-state index contributed by atoms with van der Waals surface area (Å²) in [5, 5.41) is 13.1. The van der Waals surface area contributed by atoms with Crippen molar-refractivity contribution >= 4 is 12.0 Å². The number of likely N-dealkylation sites (tertiary alicyclic amines) is 1. The molecule has 0 unspecified atom stereocenters. The number of carbonyl (C=O) groups excluding carboxylic acids is 1. The molecular formula is C25H29FN2O4. The third kappa shape index (κ3) is 3.31. The summed E-state index contributed by atoms with van der Waals surface area (Å²) in [6.45, 7) is 6.61. The van der Waals surface area contributed by atoms with Crippen LogP contribution in [0.2, 0.25) is 0 Å². The summed E-state index contributed by atoms with van der Waals surface area (Å²) in [5.74, 6) is 0.0316. The smallest absolute Gasteiger partial charge is 0.408 e. The number of hydrogen-bond donors (Lipinski definition) is 2. The van der Waals surface area contributed by atoms with E-state index in [1.54, 1.807) is 30.3 Å². The lowest BCUT2D eigenvalue weighted by Gasteiger charge is -2.50. The maximum atomic E-state index is 13.9. The van der Waals surface area contributed by atoms with Crippen LogP contribution >= 0.6 is 0 Å². The van der Waals surface area contributed by atoms with Crippen LogP contribution in [0.25, 0.3) is 0 Å². The fourth-order valence-corrected chi connectivity index (χ4v) is 5.46. The van der Waals surface area contributed by atoms with Gasteiger partial charge in [0, 0.05) is 12.1 Å². The molecule has 2 aliphatic heterocycles. The number of carboxylic acid groups (broad SMARTS) is 1. The van der Waals surface area contributed by atoms with Gasteiger partial charge in [-0.2, -0.15) is 0 Å². The molecule has 7 heteroatoms. The summed E-state index contributed by atoms with van der Waals surface area (Å²) in [5.41, 5.74) is -1.09. The molecule has 2 heterocycles. The van der Waals surface area contributed by atoms with Crippen molar-refractivity contribution in [1.82, 2.24) is 10.2 Å². The summed E-state index contributed by atoms with van der Waals surface area (Å²) in [4.78, 5) is 26.8. The van der Waals surface area contributed by atoms with Crippen molar-refractivity contribution in [3.8, 4) is 5.75 Å². The number of nitrogens with one attached hydrogen (secondary N) is 1. The van der Waals surface area contributed by atoms with Crippen molar-refractivity contribution in [1.29, 1.82) is 0 Å². The molecule has 0 bridgehead atoms. The molecule has 0 saturated carbocycles. The Morgan fingerprint density at radius 2 is 1.81 bits per heavy atom. The van der Waals surface area contributed by atoms with Gasteiger partial charge in [-0.1, -0.05) is 51.1 Å². The lowest BCUT2D eigenvalue weighted by Crippen LogP contribution is -2.62. The number of amides is 2. The Morgan fingerprint density at radius 1 is 1.12 bits per heavy atom. The van der Waals surface area contributed by atoms with Gasteiger partial charge in [0.2, 0.25) is 5.91 Å². The van der Waals surface area contributed by atoms with Crippen LogP contribution in [-0.2, 0) is 16.9 Å². The highest BCUT2D eigenvalue weighted by molar-refractivity contribution is 5.92. The van der Waals surface area contributed by atoms with Gasteiger partial charge in [-0.15, -0.1) is 0 Å². The zero-order valence-corrected chi connectivity index (χ0v) is 18.7. The average molecular weight is 441 g/mol. The first-order valence-electron chi connectivity index (χ1n) is 10.9. The van der Waals surface area contributed by atoms with Crippen LogP contribution in [0.3, 0.4) is 0 Å². The van der Waals surface area contributed by atoms with E-state index in [0.717, 1.165) is 5.56 Å². The molecule has 32 heavy (non-hydrogen) atoms. The Morgan fingerprint density at radius 3 is 2.38 bits per heavy atom. The molecule has 4 rings (SSSR count). The lowest BCUT2D eigenvalue weighted by molar-refractivity contribution is -0.131. The van der Waals surface area contributed by atoms with Crippen molar-refractivity contribution in [2.24, 2.45) is 5.41 Å². The van der Waals surface area contributed by atoms with Gasteiger partial charge in [-0.3, -0.25) is 9.69 Å². The highest BCUT2D eigenvalue weighted by Gasteiger charge is 2.66. The molecule has 2 fully saturated rings. The summed E-state index contributed by atoms with van der Waals surface area (Å²) in [7, 11) is 0. The maximum absolute atomic E-state index is 13.9. The minimum absolute atomic E-state index is 0.0982. The molecule has 2 N–H and O–H groups in total. The molecular weight excluding hydrogens is 411 g/mol. The van der Waals surface area contributed by atoms with Crippen LogP contribution in [0.1, 0.15) is 51.2 Å². The Bertz CT molecular complexity index is 1030. The number of nitrogens with zero attached hydrogens (tertiary/aromatic N) is 1. The zero-order chi connectivity index (χ0) is 23.1. The van der Waals surface area contributed by atoms with E-state index in [2.05, 4.69) is 5.32 Å². The quantitative estimate of drug-likeness (QED) is 0.724. The van der Waals surface area contributed by atoms with E-state index in [4.69, 9.17) is 4.74 Å². The molecule has 2 amide bonds. The summed E-state index contributed by atoms with van der Waals surface area (Å²) < 4.78 is 19.6. The van der Waals surface area contributed by atoms with E-state index < -0.39 is 22.6 Å². The van der Waals surface area contributed by atoms with Crippen LogP contribution < -0.4 is 10.1 Å². The predicted molar refractivity (Wildman–Crippen MR) is 118 cm³/mol. The minimum Gasteiger partial charge on any atom is -0.489 e. The fourth-order valence-electron chi connectivity index (χ4n) is 5.46. The molecule has 2 atom stereocenters. The Kier molecular flexibility index (Phi) is 5.39. The Balaban J connectivity index is 1.68. The minimum atomic E-state index is -1.09. The number of rotatable bonds is 4. The average Bonchev–Trinajstić information content (AvgIpc) is 3.29. The van der Waals surface area contributed by atoms with Gasteiger partial charge >= 0.3 is 6.09 Å². The van der Waals surface area contributed by atoms with Crippen LogP contribution in [0.15, 0.2) is 48.5 Å². The van der Waals surface area contributed by atoms with Crippen molar-refractivity contribution in [3.05, 3.63) is 65.5 Å². The van der Waals surface area contributed by atoms with E-state index >= 15 is 0 Å². The first-order valence-corrected chi connectivity index (χ1v) is 10.9. The molecule has 6 nitrogen and oxygen atoms in total. The van der Waals surface area contributed by atoms with E-state index in [1.807, 2.05) is 32.9 Å². The molecule has 2 aromatic rings. The van der Waals surface area contributed by atoms with Gasteiger partial charge in [0.05, 0.1) is 5.54 Å². The summed E-state index contributed by atoms with van der Waals surface area (Å²) >= 11 is 0. The van der Waals surface area contributed by atoms with Gasteiger partial charge in [0.1, 0.15) is 23.7 Å². The highest BCUT2D eigenvalue weighted by atomic mass is 19.1. The van der Waals surface area contributed by atoms with Crippen LogP contribution in [0.5, 0.6) is 5.75 Å². The second-order valence-electron chi connectivity index (χ2n) is 9.67. The molecule has 2 aromatic carbocycles. The van der Waals surface area contributed by atoms with Crippen molar-refractivity contribution in [2.75, 3.05) is 6.54 Å². The number of halogens is 1. The molecule has 170 valence electrons. The monoisotopic (exact) mass is 440 g/mol. The van der Waals surface area contributed by atoms with Crippen LogP contribution in [0, 0.1) is 11.2 Å². The van der Waals surface area contributed by atoms with E-state index in [1.165, 1.54) is 11.0 Å². The second-order valence-corrected chi connectivity index (χ2v) is 9.67. The SMILES string of the molecule is CC(C)(C)[C@]1(c2ccc(OCc3ccccc3F)cc2)CC[C@@]2(CCNC2=O)N1C(=O)O. The number of ether oxygens (including phenoxy) is 1. The summed E-state index contributed by atoms with van der Waals surface area (Å²) in [6, 6.07) is 13.7. The van der Waals surface area contributed by atoms with E-state index in [-0.39, 0.29) is 18.3 Å². The van der Waals surface area contributed by atoms with Gasteiger partial charge < -0.3 is 15.2 Å². The largest absolute Gasteiger partial charge is 0.489 e. The first-order chi connectivity index (χ1) is 15.1. The molecule has 2 aliphatic rings. The Labute approximate surface area is 187 Å². The molecule has 0 aromatic heterocycles. The van der Waals surface area contributed by atoms with Gasteiger partial charge in [0.25, 0.3) is 0 Å². The fraction of sp³-hybridized carbons (Fsp3) is 0.440. The molecule has 1 spiro atoms.